The van der Waals surface area contributed by atoms with Crippen molar-refractivity contribution in [3.63, 3.8) is 0 Å². The van der Waals surface area contributed by atoms with E-state index in [2.05, 4.69) is 0 Å². The lowest BCUT2D eigenvalue weighted by Crippen LogP contribution is -2.15. The quantitative estimate of drug-likeness (QED) is 0.578. The van der Waals surface area contributed by atoms with Crippen LogP contribution in [0, 0.1) is 5.92 Å². The molecule has 1 unspecified atom stereocenters. The normalized spacial score (nSPS) is 13.1. The Hall–Kier alpha value is -0.220. The van der Waals surface area contributed by atoms with Crippen molar-refractivity contribution >= 4 is 17.9 Å². The topological polar surface area (TPSA) is 63.3 Å². The number of rotatable bonds is 4. The third-order valence-corrected chi connectivity index (χ3v) is 1.73. The van der Waals surface area contributed by atoms with Gasteiger partial charge in [0.2, 0.25) is 0 Å². The molecule has 0 aliphatic rings. The molecule has 0 fully saturated rings. The highest BCUT2D eigenvalue weighted by Gasteiger charge is 2.13. The maximum absolute atomic E-state index is 10.3. The first-order valence-corrected chi connectivity index (χ1v) is 3.81. The summed E-state index contributed by atoms with van der Waals surface area (Å²) >= 11 is 1.08. The predicted octanol–water partition coefficient (Wildman–Crippen LogP) is 0.704. The Kier molecular flexibility index (Phi) is 4.53. The third-order valence-electron chi connectivity index (χ3n) is 1.14. The second-order valence-corrected chi connectivity index (χ2v) is 2.44. The van der Waals surface area contributed by atoms with Crippen LogP contribution in [0.15, 0.2) is 0 Å². The van der Waals surface area contributed by atoms with E-state index in [1.54, 1.807) is 0 Å². The molecule has 0 radical (unpaired) electrons. The van der Waals surface area contributed by atoms with Gasteiger partial charge in [-0.05, 0) is 6.42 Å². The lowest BCUT2D eigenvalue weighted by Gasteiger charge is -2.04. The average molecular weight is 149 g/mol. The number of hydrogen-bond acceptors (Lipinski definition) is 3. The second-order valence-electron chi connectivity index (χ2n) is 1.78. The van der Waals surface area contributed by atoms with Gasteiger partial charge in [-0.25, -0.2) is 0 Å². The maximum atomic E-state index is 10.3. The molecular formula is C5H11NO2S. The highest BCUT2D eigenvalue weighted by molar-refractivity contribution is 7.97. The van der Waals surface area contributed by atoms with Crippen molar-refractivity contribution in [2.75, 3.05) is 5.75 Å². The van der Waals surface area contributed by atoms with Gasteiger partial charge in [-0.1, -0.05) is 18.9 Å². The monoisotopic (exact) mass is 149 g/mol. The zero-order chi connectivity index (χ0) is 7.28. The van der Waals surface area contributed by atoms with Gasteiger partial charge in [-0.15, -0.1) is 0 Å². The number of aliphatic carboxylic acids is 1. The minimum absolute atomic E-state index is 0.278. The first kappa shape index (κ1) is 8.78. The zero-order valence-corrected chi connectivity index (χ0v) is 6.15. The van der Waals surface area contributed by atoms with Crippen molar-refractivity contribution < 1.29 is 9.90 Å². The van der Waals surface area contributed by atoms with E-state index in [1.165, 1.54) is 0 Å². The molecule has 0 spiro atoms. The van der Waals surface area contributed by atoms with Crippen molar-refractivity contribution in [2.45, 2.75) is 13.3 Å². The van der Waals surface area contributed by atoms with Gasteiger partial charge in [0.25, 0.3) is 0 Å². The molecule has 0 bridgehead atoms. The van der Waals surface area contributed by atoms with Crippen molar-refractivity contribution in [3.8, 4) is 0 Å². The number of carboxylic acid groups (broad SMARTS) is 1. The Labute approximate surface area is 58.8 Å². The van der Waals surface area contributed by atoms with Crippen molar-refractivity contribution in [1.82, 2.24) is 0 Å². The predicted molar refractivity (Wildman–Crippen MR) is 38.1 cm³/mol. The van der Waals surface area contributed by atoms with Crippen LogP contribution < -0.4 is 5.14 Å². The molecule has 54 valence electrons. The summed E-state index contributed by atoms with van der Waals surface area (Å²) in [5.74, 6) is -0.526. The summed E-state index contributed by atoms with van der Waals surface area (Å²) < 4.78 is 0. The minimum Gasteiger partial charge on any atom is -0.481 e. The van der Waals surface area contributed by atoms with Crippen LogP contribution in [-0.2, 0) is 4.79 Å². The largest absolute Gasteiger partial charge is 0.481 e. The van der Waals surface area contributed by atoms with Crippen LogP contribution in [0.25, 0.3) is 0 Å². The van der Waals surface area contributed by atoms with E-state index >= 15 is 0 Å². The Morgan fingerprint density at radius 3 is 2.56 bits per heavy atom. The Balaban J connectivity index is 3.54. The van der Waals surface area contributed by atoms with Crippen molar-refractivity contribution in [1.29, 1.82) is 0 Å². The Morgan fingerprint density at radius 1 is 1.89 bits per heavy atom. The molecule has 0 aromatic heterocycles. The molecule has 0 aliphatic heterocycles. The van der Waals surface area contributed by atoms with Crippen molar-refractivity contribution in [3.05, 3.63) is 0 Å². The number of nitrogens with two attached hydrogens (primary N) is 1. The van der Waals surface area contributed by atoms with E-state index in [0.717, 1.165) is 11.9 Å². The van der Waals surface area contributed by atoms with Crippen LogP contribution in [-0.4, -0.2) is 16.8 Å². The van der Waals surface area contributed by atoms with Gasteiger partial charge in [-0.3, -0.25) is 9.93 Å². The molecule has 3 nitrogen and oxygen atoms in total. The SMILES string of the molecule is CCC(CSN)C(=O)O. The summed E-state index contributed by atoms with van der Waals surface area (Å²) in [6, 6.07) is 0. The fourth-order valence-electron chi connectivity index (χ4n) is 0.480. The molecule has 9 heavy (non-hydrogen) atoms. The summed E-state index contributed by atoms with van der Waals surface area (Å²) in [5, 5.41) is 13.5. The highest BCUT2D eigenvalue weighted by atomic mass is 32.2. The van der Waals surface area contributed by atoms with Gasteiger partial charge >= 0.3 is 5.97 Å². The molecule has 0 heterocycles. The summed E-state index contributed by atoms with van der Waals surface area (Å²) in [7, 11) is 0. The van der Waals surface area contributed by atoms with Crippen LogP contribution in [0.1, 0.15) is 13.3 Å². The Morgan fingerprint density at radius 2 is 2.44 bits per heavy atom. The highest BCUT2D eigenvalue weighted by Crippen LogP contribution is 2.06. The van der Waals surface area contributed by atoms with Gasteiger partial charge in [-0.2, -0.15) is 0 Å². The molecule has 0 aliphatic carbocycles. The van der Waals surface area contributed by atoms with Gasteiger partial charge < -0.3 is 5.11 Å². The first-order valence-electron chi connectivity index (χ1n) is 2.76. The van der Waals surface area contributed by atoms with Crippen LogP contribution in [0.4, 0.5) is 0 Å². The smallest absolute Gasteiger partial charge is 0.307 e. The van der Waals surface area contributed by atoms with E-state index in [9.17, 15) is 4.79 Å². The van der Waals surface area contributed by atoms with Crippen molar-refractivity contribution in [2.24, 2.45) is 11.1 Å². The summed E-state index contributed by atoms with van der Waals surface area (Å²) in [4.78, 5) is 10.3. The molecule has 0 aromatic rings. The van der Waals surface area contributed by atoms with Crippen LogP contribution in [0.3, 0.4) is 0 Å². The number of hydrogen-bond donors (Lipinski definition) is 2. The fraction of sp³-hybridized carbons (Fsp3) is 0.800. The number of carbonyl (C=O) groups is 1. The van der Waals surface area contributed by atoms with E-state index in [4.69, 9.17) is 10.2 Å². The van der Waals surface area contributed by atoms with E-state index in [0.29, 0.717) is 12.2 Å². The van der Waals surface area contributed by atoms with Gasteiger partial charge in [0.05, 0.1) is 5.92 Å². The lowest BCUT2D eigenvalue weighted by molar-refractivity contribution is -0.140. The van der Waals surface area contributed by atoms with Crippen LogP contribution >= 0.6 is 11.9 Å². The third kappa shape index (κ3) is 3.37. The van der Waals surface area contributed by atoms with E-state index < -0.39 is 5.97 Å². The van der Waals surface area contributed by atoms with Crippen LogP contribution in [0.2, 0.25) is 0 Å². The molecule has 0 rings (SSSR count). The molecule has 0 amide bonds. The summed E-state index contributed by atoms with van der Waals surface area (Å²) in [6.45, 7) is 1.84. The van der Waals surface area contributed by atoms with E-state index in [-0.39, 0.29) is 5.92 Å². The van der Waals surface area contributed by atoms with E-state index in [1.807, 2.05) is 6.92 Å². The fourth-order valence-corrected chi connectivity index (χ4v) is 1.09. The molecular weight excluding hydrogens is 138 g/mol. The lowest BCUT2D eigenvalue weighted by atomic mass is 10.1. The number of carboxylic acids is 1. The molecule has 0 saturated carbocycles. The summed E-state index contributed by atoms with van der Waals surface area (Å²) in [6.07, 6.45) is 0.652. The molecule has 4 heteroatoms. The Bertz CT molecular complexity index is 97.0. The maximum Gasteiger partial charge on any atom is 0.307 e. The molecule has 1 atom stereocenters. The second kappa shape index (κ2) is 4.64. The standard InChI is InChI=1S/C5H11NO2S/c1-2-4(3-9-6)5(7)8/h4H,2-3,6H2,1H3,(H,7,8). The molecule has 0 aromatic carbocycles. The van der Waals surface area contributed by atoms with Gasteiger partial charge in [0.15, 0.2) is 0 Å². The summed E-state index contributed by atoms with van der Waals surface area (Å²) in [5.41, 5.74) is 0. The molecule has 0 saturated heterocycles. The first-order chi connectivity index (χ1) is 4.22. The zero-order valence-electron chi connectivity index (χ0n) is 5.33. The average Bonchev–Trinajstić information content (AvgIpc) is 1.82. The van der Waals surface area contributed by atoms with Crippen LogP contribution in [0.5, 0.6) is 0 Å². The van der Waals surface area contributed by atoms with Gasteiger partial charge in [0.1, 0.15) is 0 Å². The molecule has 3 N–H and O–H groups in total. The van der Waals surface area contributed by atoms with Gasteiger partial charge in [0, 0.05) is 5.75 Å². The minimum atomic E-state index is -0.754.